The Hall–Kier alpha value is -3.00. The van der Waals surface area contributed by atoms with E-state index in [4.69, 9.17) is 23.7 Å². The predicted octanol–water partition coefficient (Wildman–Crippen LogP) is -3.51. The molecular weight excluding hydrogens is 580 g/mol. The maximum Gasteiger partial charge on any atom is 0.229 e. The number of hydrogen-bond acceptors (Lipinski definition) is 16. The quantitative estimate of drug-likeness (QED) is 0.144. The van der Waals surface area contributed by atoms with E-state index in [-0.39, 0.29) is 40.5 Å². The first kappa shape index (κ1) is 31.4. The van der Waals surface area contributed by atoms with Gasteiger partial charge in [-0.2, -0.15) is 0 Å². The van der Waals surface area contributed by atoms with Crippen LogP contribution in [-0.2, 0) is 15.9 Å². The van der Waals surface area contributed by atoms with Crippen LogP contribution in [0.3, 0.4) is 0 Å². The smallest absolute Gasteiger partial charge is 0.229 e. The number of aliphatic hydroxyl groups is 9. The van der Waals surface area contributed by atoms with Crippen LogP contribution >= 0.6 is 0 Å². The molecule has 2 aromatic rings. The van der Waals surface area contributed by atoms with E-state index in [0.717, 1.165) is 0 Å². The molecule has 11 N–H and O–H groups in total. The molecule has 0 spiro atoms. The van der Waals surface area contributed by atoms with Crippen molar-refractivity contribution in [1.29, 1.82) is 0 Å². The molecule has 5 rings (SSSR count). The van der Waals surface area contributed by atoms with E-state index in [9.17, 15) is 56.2 Å². The summed E-state index contributed by atoms with van der Waals surface area (Å²) in [7, 11) is 0. The zero-order valence-electron chi connectivity index (χ0n) is 22.4. The first-order valence-electron chi connectivity index (χ1n) is 13.4. The lowest BCUT2D eigenvalue weighted by atomic mass is 9.93. The molecule has 2 fully saturated rings. The Morgan fingerprint density at radius 1 is 0.674 bits per heavy atom. The standard InChI is InChI=1S/C27H34O16/c28-7-17-19(33)21(35)23(37)26(42-17)40-15-5-10(30)4-14-11(15)6-13(32)25(39-14)9-1-2-12(31)16(3-9)41-27-24(38)22(36)20(34)18(8-29)43-27/h1-5,13,17-38H,6-8H2. The van der Waals surface area contributed by atoms with Crippen molar-refractivity contribution >= 4 is 0 Å². The van der Waals surface area contributed by atoms with Gasteiger partial charge in [-0.25, -0.2) is 0 Å². The monoisotopic (exact) mass is 614 g/mol. The lowest BCUT2D eigenvalue weighted by molar-refractivity contribution is -0.277. The molecule has 0 aliphatic carbocycles. The van der Waals surface area contributed by atoms with Gasteiger partial charge in [-0.3, -0.25) is 0 Å². The summed E-state index contributed by atoms with van der Waals surface area (Å²) in [6.07, 6.45) is -18.2. The van der Waals surface area contributed by atoms with E-state index in [0.29, 0.717) is 0 Å². The summed E-state index contributed by atoms with van der Waals surface area (Å²) in [5.74, 6) is -0.982. The molecule has 3 aliphatic heterocycles. The maximum absolute atomic E-state index is 11.0. The van der Waals surface area contributed by atoms with Gasteiger partial charge in [0.05, 0.1) is 19.3 Å². The topological polar surface area (TPSA) is 269 Å². The van der Waals surface area contributed by atoms with Gasteiger partial charge in [0, 0.05) is 24.1 Å². The Morgan fingerprint density at radius 3 is 1.79 bits per heavy atom. The number of aliphatic hydroxyl groups excluding tert-OH is 9. The number of phenolic OH excluding ortho intramolecular Hbond substituents is 2. The molecule has 0 amide bonds. The van der Waals surface area contributed by atoms with Gasteiger partial charge in [-0.05, 0) is 17.7 Å². The Balaban J connectivity index is 1.37. The van der Waals surface area contributed by atoms with Crippen LogP contribution in [-0.4, -0.2) is 137 Å². The van der Waals surface area contributed by atoms with E-state index in [1.807, 2.05) is 0 Å². The summed E-state index contributed by atoms with van der Waals surface area (Å²) in [5, 5.41) is 111. The zero-order valence-corrected chi connectivity index (χ0v) is 22.4. The van der Waals surface area contributed by atoms with Gasteiger partial charge in [-0.15, -0.1) is 0 Å². The average molecular weight is 615 g/mol. The first-order valence-corrected chi connectivity index (χ1v) is 13.4. The predicted molar refractivity (Wildman–Crippen MR) is 138 cm³/mol. The normalized spacial score (nSPS) is 37.7. The van der Waals surface area contributed by atoms with Crippen molar-refractivity contribution < 1.29 is 79.9 Å². The fraction of sp³-hybridized carbons (Fsp3) is 0.556. The van der Waals surface area contributed by atoms with E-state index < -0.39 is 92.6 Å². The second kappa shape index (κ2) is 12.5. The van der Waals surface area contributed by atoms with Crippen molar-refractivity contribution in [3.63, 3.8) is 0 Å². The fourth-order valence-electron chi connectivity index (χ4n) is 5.22. The summed E-state index contributed by atoms with van der Waals surface area (Å²) in [5.41, 5.74) is 0.533. The van der Waals surface area contributed by atoms with Crippen molar-refractivity contribution in [1.82, 2.24) is 0 Å². The third-order valence-electron chi connectivity index (χ3n) is 7.67. The van der Waals surface area contributed by atoms with E-state index in [1.165, 1.54) is 30.3 Å². The van der Waals surface area contributed by atoms with Crippen LogP contribution in [0.2, 0.25) is 0 Å². The number of fused-ring (bicyclic) bond motifs is 1. The molecular formula is C27H34O16. The Kier molecular flexibility index (Phi) is 9.17. The third-order valence-corrected chi connectivity index (χ3v) is 7.67. The van der Waals surface area contributed by atoms with Crippen molar-refractivity contribution in [2.45, 2.75) is 80.0 Å². The van der Waals surface area contributed by atoms with Gasteiger partial charge in [0.1, 0.15) is 72.2 Å². The summed E-state index contributed by atoms with van der Waals surface area (Å²) >= 11 is 0. The molecule has 3 heterocycles. The molecule has 12 atom stereocenters. The molecule has 16 nitrogen and oxygen atoms in total. The first-order chi connectivity index (χ1) is 20.4. The van der Waals surface area contributed by atoms with Crippen molar-refractivity contribution in [2.75, 3.05) is 13.2 Å². The van der Waals surface area contributed by atoms with Crippen LogP contribution in [0.15, 0.2) is 30.3 Å². The van der Waals surface area contributed by atoms with Crippen LogP contribution in [0, 0.1) is 0 Å². The van der Waals surface area contributed by atoms with Crippen molar-refractivity contribution in [3.05, 3.63) is 41.5 Å². The van der Waals surface area contributed by atoms with Gasteiger partial charge >= 0.3 is 0 Å². The highest BCUT2D eigenvalue weighted by molar-refractivity contribution is 5.53. The van der Waals surface area contributed by atoms with Gasteiger partial charge in [0.25, 0.3) is 0 Å². The number of ether oxygens (including phenoxy) is 5. The number of phenols is 2. The SMILES string of the molecule is OCC1OC(Oc2cc(C3Oc4cc(O)cc(OC5OC(CO)C(O)C(O)C5O)c4CC3O)ccc2O)C(O)C(O)C1O. The molecule has 2 aromatic carbocycles. The molecule has 12 unspecified atom stereocenters. The van der Waals surface area contributed by atoms with Crippen molar-refractivity contribution in [3.8, 4) is 28.7 Å². The van der Waals surface area contributed by atoms with Crippen LogP contribution in [0.25, 0.3) is 0 Å². The minimum absolute atomic E-state index is 0.0689. The summed E-state index contributed by atoms with van der Waals surface area (Å²) in [6, 6.07) is 6.34. The number of benzene rings is 2. The molecule has 0 radical (unpaired) electrons. The van der Waals surface area contributed by atoms with E-state index in [2.05, 4.69) is 0 Å². The molecule has 2 saturated heterocycles. The van der Waals surface area contributed by atoms with Crippen LogP contribution in [0.1, 0.15) is 17.2 Å². The highest BCUT2D eigenvalue weighted by Crippen LogP contribution is 2.44. The second-order valence-corrected chi connectivity index (χ2v) is 10.6. The maximum atomic E-state index is 11.0. The second-order valence-electron chi connectivity index (χ2n) is 10.6. The molecule has 16 heteroatoms. The minimum atomic E-state index is -1.74. The van der Waals surface area contributed by atoms with Gasteiger partial charge in [-0.1, -0.05) is 6.07 Å². The molecule has 238 valence electrons. The molecule has 43 heavy (non-hydrogen) atoms. The molecule has 0 aromatic heterocycles. The van der Waals surface area contributed by atoms with Gasteiger partial charge in [0.2, 0.25) is 12.6 Å². The molecule has 0 bridgehead atoms. The number of hydrogen-bond donors (Lipinski definition) is 11. The highest BCUT2D eigenvalue weighted by atomic mass is 16.7. The average Bonchev–Trinajstić information content (AvgIpc) is 2.98. The Morgan fingerprint density at radius 2 is 1.23 bits per heavy atom. The summed E-state index contributed by atoms with van der Waals surface area (Å²) in [4.78, 5) is 0. The third kappa shape index (κ3) is 6.04. The summed E-state index contributed by atoms with van der Waals surface area (Å²) < 4.78 is 27.9. The fourth-order valence-corrected chi connectivity index (χ4v) is 5.22. The van der Waals surface area contributed by atoms with Crippen LogP contribution in [0.5, 0.6) is 28.7 Å². The lowest BCUT2D eigenvalue weighted by Gasteiger charge is -2.40. The van der Waals surface area contributed by atoms with Crippen LogP contribution < -0.4 is 14.2 Å². The number of aromatic hydroxyl groups is 2. The van der Waals surface area contributed by atoms with E-state index in [1.54, 1.807) is 0 Å². The Bertz CT molecular complexity index is 1270. The number of rotatable bonds is 7. The van der Waals surface area contributed by atoms with Gasteiger partial charge < -0.3 is 79.9 Å². The van der Waals surface area contributed by atoms with Gasteiger partial charge in [0.15, 0.2) is 11.5 Å². The molecule has 3 aliphatic rings. The largest absolute Gasteiger partial charge is 0.508 e. The minimum Gasteiger partial charge on any atom is -0.508 e. The zero-order chi connectivity index (χ0) is 31.2. The molecule has 0 saturated carbocycles. The highest BCUT2D eigenvalue weighted by Gasteiger charge is 2.46. The van der Waals surface area contributed by atoms with Crippen LogP contribution in [0.4, 0.5) is 0 Å². The Labute approximate surface area is 243 Å². The lowest BCUT2D eigenvalue weighted by Crippen LogP contribution is -2.60. The van der Waals surface area contributed by atoms with E-state index >= 15 is 0 Å². The van der Waals surface area contributed by atoms with Crippen molar-refractivity contribution in [2.24, 2.45) is 0 Å². The summed E-state index contributed by atoms with van der Waals surface area (Å²) in [6.45, 7) is -1.37.